The van der Waals surface area contributed by atoms with Gasteiger partial charge in [-0.3, -0.25) is 0 Å². The third kappa shape index (κ3) is 2.80. The van der Waals surface area contributed by atoms with Crippen molar-refractivity contribution >= 4 is 17.8 Å². The maximum atomic E-state index is 11.5. The van der Waals surface area contributed by atoms with Crippen molar-refractivity contribution in [3.63, 3.8) is 0 Å². The van der Waals surface area contributed by atoms with Crippen LogP contribution in [-0.4, -0.2) is 29.6 Å². The highest BCUT2D eigenvalue weighted by molar-refractivity contribution is 7.99. The minimum Gasteiger partial charge on any atom is -0.335 e. The van der Waals surface area contributed by atoms with E-state index in [0.717, 1.165) is 25.7 Å². The van der Waals surface area contributed by atoms with Crippen molar-refractivity contribution in [3.05, 3.63) is 0 Å². The predicted molar refractivity (Wildman–Crippen MR) is 59.7 cm³/mol. The average molecular weight is 214 g/mol. The van der Waals surface area contributed by atoms with Crippen LogP contribution < -0.4 is 10.6 Å². The molecule has 0 bridgehead atoms. The van der Waals surface area contributed by atoms with Crippen LogP contribution in [-0.2, 0) is 0 Å². The lowest BCUT2D eigenvalue weighted by Gasteiger charge is -2.28. The number of carbonyl (C=O) groups excluding carboxylic acids is 1. The van der Waals surface area contributed by atoms with Crippen LogP contribution in [0.25, 0.3) is 0 Å². The molecule has 4 heteroatoms. The van der Waals surface area contributed by atoms with Gasteiger partial charge in [-0.15, -0.1) is 0 Å². The smallest absolute Gasteiger partial charge is 0.315 e. The molecule has 1 saturated carbocycles. The van der Waals surface area contributed by atoms with E-state index >= 15 is 0 Å². The Balaban J connectivity index is 1.64. The zero-order valence-corrected chi connectivity index (χ0v) is 9.24. The first-order chi connectivity index (χ1) is 6.84. The fourth-order valence-electron chi connectivity index (χ4n) is 1.81. The van der Waals surface area contributed by atoms with Gasteiger partial charge in [-0.2, -0.15) is 11.8 Å². The van der Waals surface area contributed by atoms with Gasteiger partial charge in [-0.25, -0.2) is 4.79 Å². The Morgan fingerprint density at radius 1 is 1.00 bits per heavy atom. The fourth-order valence-corrected chi connectivity index (χ4v) is 2.91. The van der Waals surface area contributed by atoms with Gasteiger partial charge in [0, 0.05) is 12.1 Å². The predicted octanol–water partition coefficient (Wildman–Crippen LogP) is 1.73. The molecule has 1 aliphatic heterocycles. The zero-order chi connectivity index (χ0) is 9.80. The van der Waals surface area contributed by atoms with Crippen molar-refractivity contribution in [2.24, 2.45) is 0 Å². The summed E-state index contributed by atoms with van der Waals surface area (Å²) in [6.07, 6.45) is 5.85. The van der Waals surface area contributed by atoms with E-state index in [1.807, 2.05) is 11.8 Å². The van der Waals surface area contributed by atoms with Gasteiger partial charge >= 0.3 is 6.03 Å². The molecule has 2 aliphatic rings. The summed E-state index contributed by atoms with van der Waals surface area (Å²) in [5.74, 6) is 2.38. The van der Waals surface area contributed by atoms with E-state index in [2.05, 4.69) is 10.6 Å². The van der Waals surface area contributed by atoms with Gasteiger partial charge in [-0.05, 0) is 43.6 Å². The number of hydrogen-bond donors (Lipinski definition) is 2. The van der Waals surface area contributed by atoms with Crippen molar-refractivity contribution in [2.75, 3.05) is 11.5 Å². The van der Waals surface area contributed by atoms with Crippen LogP contribution in [0.3, 0.4) is 0 Å². The minimum absolute atomic E-state index is 0.0478. The summed E-state index contributed by atoms with van der Waals surface area (Å²) in [7, 11) is 0. The quantitative estimate of drug-likeness (QED) is 0.735. The fraction of sp³-hybridized carbons (Fsp3) is 0.900. The van der Waals surface area contributed by atoms with Crippen molar-refractivity contribution < 1.29 is 4.79 Å². The molecule has 1 aliphatic carbocycles. The Kier molecular flexibility index (Phi) is 3.56. The van der Waals surface area contributed by atoms with Crippen LogP contribution >= 0.6 is 11.8 Å². The van der Waals surface area contributed by atoms with E-state index in [9.17, 15) is 4.79 Å². The van der Waals surface area contributed by atoms with Gasteiger partial charge in [0.15, 0.2) is 0 Å². The second kappa shape index (κ2) is 4.91. The second-order valence-corrected chi connectivity index (χ2v) is 5.36. The summed E-state index contributed by atoms with van der Waals surface area (Å²) in [4.78, 5) is 11.5. The Bertz CT molecular complexity index is 200. The van der Waals surface area contributed by atoms with E-state index < -0.39 is 0 Å². The first-order valence-electron chi connectivity index (χ1n) is 5.49. The number of thioether (sulfide) groups is 1. The van der Waals surface area contributed by atoms with Crippen molar-refractivity contribution in [1.29, 1.82) is 0 Å². The van der Waals surface area contributed by atoms with Gasteiger partial charge < -0.3 is 10.6 Å². The maximum Gasteiger partial charge on any atom is 0.315 e. The Hall–Kier alpha value is -0.380. The number of carbonyl (C=O) groups is 1. The molecule has 80 valence electrons. The first kappa shape index (κ1) is 10.1. The SMILES string of the molecule is O=C(NC1CCC1)NC1CCSCC1. The van der Waals surface area contributed by atoms with Crippen LogP contribution in [0, 0.1) is 0 Å². The lowest BCUT2D eigenvalue weighted by Crippen LogP contribution is -2.49. The van der Waals surface area contributed by atoms with E-state index in [1.165, 1.54) is 17.9 Å². The van der Waals surface area contributed by atoms with Gasteiger partial charge in [-0.1, -0.05) is 0 Å². The van der Waals surface area contributed by atoms with Crippen LogP contribution in [0.2, 0.25) is 0 Å². The highest BCUT2D eigenvalue weighted by Gasteiger charge is 2.21. The van der Waals surface area contributed by atoms with E-state index in [0.29, 0.717) is 12.1 Å². The Morgan fingerprint density at radius 3 is 2.07 bits per heavy atom. The molecule has 0 aromatic rings. The summed E-state index contributed by atoms with van der Waals surface area (Å²) in [6.45, 7) is 0. The number of amides is 2. The molecule has 0 atom stereocenters. The summed E-state index contributed by atoms with van der Waals surface area (Å²) < 4.78 is 0. The highest BCUT2D eigenvalue weighted by atomic mass is 32.2. The number of rotatable bonds is 2. The topological polar surface area (TPSA) is 41.1 Å². The number of nitrogens with one attached hydrogen (secondary N) is 2. The number of urea groups is 1. The molecule has 0 aromatic heterocycles. The Morgan fingerprint density at radius 2 is 1.57 bits per heavy atom. The third-order valence-electron chi connectivity index (χ3n) is 3.00. The van der Waals surface area contributed by atoms with Crippen molar-refractivity contribution in [3.8, 4) is 0 Å². The summed E-state index contributed by atoms with van der Waals surface area (Å²) in [5, 5.41) is 6.06. The molecule has 0 spiro atoms. The van der Waals surface area contributed by atoms with Crippen LogP contribution in [0.5, 0.6) is 0 Å². The molecule has 0 unspecified atom stereocenters. The molecule has 3 nitrogen and oxygen atoms in total. The average Bonchev–Trinajstić information content (AvgIpc) is 2.13. The highest BCUT2D eigenvalue weighted by Crippen LogP contribution is 2.19. The summed E-state index contributed by atoms with van der Waals surface area (Å²) in [6, 6.07) is 0.913. The van der Waals surface area contributed by atoms with Gasteiger partial charge in [0.05, 0.1) is 0 Å². The summed E-state index contributed by atoms with van der Waals surface area (Å²) in [5.41, 5.74) is 0. The zero-order valence-electron chi connectivity index (χ0n) is 8.42. The normalized spacial score (nSPS) is 24.0. The molecule has 2 rings (SSSR count). The van der Waals surface area contributed by atoms with Gasteiger partial charge in [0.1, 0.15) is 0 Å². The molecule has 2 amide bonds. The molecule has 0 aromatic carbocycles. The molecular weight excluding hydrogens is 196 g/mol. The van der Waals surface area contributed by atoms with Crippen molar-refractivity contribution in [1.82, 2.24) is 10.6 Å². The van der Waals surface area contributed by atoms with Crippen LogP contribution in [0.4, 0.5) is 4.79 Å². The monoisotopic (exact) mass is 214 g/mol. The lowest BCUT2D eigenvalue weighted by atomic mass is 9.93. The number of hydrogen-bond acceptors (Lipinski definition) is 2. The maximum absolute atomic E-state index is 11.5. The van der Waals surface area contributed by atoms with Crippen LogP contribution in [0.1, 0.15) is 32.1 Å². The second-order valence-electron chi connectivity index (χ2n) is 4.13. The minimum atomic E-state index is 0.0478. The van der Waals surface area contributed by atoms with Gasteiger partial charge in [0.2, 0.25) is 0 Å². The van der Waals surface area contributed by atoms with Crippen LogP contribution in [0.15, 0.2) is 0 Å². The van der Waals surface area contributed by atoms with Gasteiger partial charge in [0.25, 0.3) is 0 Å². The molecule has 2 fully saturated rings. The standard InChI is InChI=1S/C10H18N2OS/c13-10(11-8-2-1-3-8)12-9-4-6-14-7-5-9/h8-9H,1-7H2,(H2,11,12,13). The van der Waals surface area contributed by atoms with E-state index in [1.54, 1.807) is 0 Å². The summed E-state index contributed by atoms with van der Waals surface area (Å²) >= 11 is 1.98. The van der Waals surface area contributed by atoms with Crippen molar-refractivity contribution in [2.45, 2.75) is 44.2 Å². The molecular formula is C10H18N2OS. The van der Waals surface area contributed by atoms with E-state index in [-0.39, 0.29) is 6.03 Å². The molecule has 2 N–H and O–H groups in total. The lowest BCUT2D eigenvalue weighted by molar-refractivity contribution is 0.224. The molecule has 1 heterocycles. The van der Waals surface area contributed by atoms with E-state index in [4.69, 9.17) is 0 Å². The Labute approximate surface area is 89.4 Å². The molecule has 0 radical (unpaired) electrons. The largest absolute Gasteiger partial charge is 0.335 e. The first-order valence-corrected chi connectivity index (χ1v) is 6.65. The molecule has 14 heavy (non-hydrogen) atoms. The third-order valence-corrected chi connectivity index (χ3v) is 4.05. The molecule has 1 saturated heterocycles.